The van der Waals surface area contributed by atoms with Crippen molar-refractivity contribution in [3.05, 3.63) is 47.1 Å². The van der Waals surface area contributed by atoms with Crippen molar-refractivity contribution < 1.29 is 4.79 Å². The van der Waals surface area contributed by atoms with E-state index in [2.05, 4.69) is 48.4 Å². The van der Waals surface area contributed by atoms with Gasteiger partial charge in [0.25, 0.3) is 0 Å². The highest BCUT2D eigenvalue weighted by atomic mass is 79.9. The van der Waals surface area contributed by atoms with Crippen molar-refractivity contribution in [1.82, 2.24) is 19.4 Å². The van der Waals surface area contributed by atoms with Crippen LogP contribution in [-0.4, -0.2) is 35.6 Å². The molecule has 7 nitrogen and oxygen atoms in total. The number of alkyl halides is 1. The highest BCUT2D eigenvalue weighted by Gasteiger charge is 2.14. The zero-order valence-electron chi connectivity index (χ0n) is 14.6. The van der Waals surface area contributed by atoms with Gasteiger partial charge in [-0.25, -0.2) is 9.97 Å². The Morgan fingerprint density at radius 2 is 2.12 bits per heavy atom. The summed E-state index contributed by atoms with van der Waals surface area (Å²) in [6, 6.07) is 3.40. The molecule has 26 heavy (non-hydrogen) atoms. The van der Waals surface area contributed by atoms with Gasteiger partial charge in [0.2, 0.25) is 5.78 Å². The van der Waals surface area contributed by atoms with Crippen molar-refractivity contribution in [2.24, 2.45) is 5.73 Å². The summed E-state index contributed by atoms with van der Waals surface area (Å²) < 4.78 is 1.76. The molecule has 0 aliphatic rings. The van der Waals surface area contributed by atoms with Crippen LogP contribution in [0.1, 0.15) is 30.0 Å². The Morgan fingerprint density at radius 1 is 1.42 bits per heavy atom. The number of imidazole rings is 2. The number of ketones is 1. The van der Waals surface area contributed by atoms with Gasteiger partial charge >= 0.3 is 0 Å². The minimum absolute atomic E-state index is 0.0572. The molecule has 0 fully saturated rings. The maximum atomic E-state index is 11.5. The number of thiocarbonyl (C=S) groups is 1. The molecule has 0 amide bonds. The zero-order chi connectivity index (χ0) is 19.7. The third kappa shape index (κ3) is 6.08. The molecule has 0 spiro atoms. The summed E-state index contributed by atoms with van der Waals surface area (Å²) in [5, 5.41) is 3.78. The standard InChI is InChI=1S/C8H8BrN3O.C6H6ClN3S.C2H6/c1-5-7(6(13)4-9)12-3-2-10-8(12)11-5;7-4-1-2-5(9-3-4)10-6(8)11;1-2/h2-3H,4H2,1H3,(H,10,11);1-3H,(H3,8,9,10,11);1-2H3. The van der Waals surface area contributed by atoms with Crippen LogP contribution >= 0.6 is 39.7 Å². The number of hydrogen-bond donors (Lipinski definition) is 3. The van der Waals surface area contributed by atoms with E-state index in [1.807, 2.05) is 20.8 Å². The lowest BCUT2D eigenvalue weighted by molar-refractivity contribution is 0.101. The number of nitrogens with one attached hydrogen (secondary N) is 2. The average Bonchev–Trinajstić information content (AvgIpc) is 3.18. The predicted molar refractivity (Wildman–Crippen MR) is 113 cm³/mol. The summed E-state index contributed by atoms with van der Waals surface area (Å²) in [6.07, 6.45) is 4.95. The first-order valence-electron chi connectivity index (χ1n) is 7.71. The third-order valence-electron chi connectivity index (χ3n) is 2.90. The molecule has 0 radical (unpaired) electrons. The smallest absolute Gasteiger partial charge is 0.211 e. The molecule has 0 saturated carbocycles. The second-order valence-corrected chi connectivity index (χ2v) is 6.06. The van der Waals surface area contributed by atoms with Gasteiger partial charge in [-0.05, 0) is 31.3 Å². The molecule has 0 bridgehead atoms. The quantitative estimate of drug-likeness (QED) is 0.311. The summed E-state index contributed by atoms with van der Waals surface area (Å²) in [4.78, 5) is 22.5. The Bertz CT molecular complexity index is 861. The number of hydrogen-bond acceptors (Lipinski definition) is 4. The zero-order valence-corrected chi connectivity index (χ0v) is 17.7. The van der Waals surface area contributed by atoms with E-state index in [0.29, 0.717) is 27.6 Å². The number of nitrogens with two attached hydrogens (primary N) is 1. The monoisotopic (exact) mass is 458 g/mol. The SMILES string of the molecule is CC.Cc1[nH]c2nccn2c1C(=O)CBr.NC(=S)Nc1ccc(Cl)cn1. The second kappa shape index (κ2) is 10.9. The lowest BCUT2D eigenvalue weighted by Crippen LogP contribution is -2.19. The molecule has 3 aromatic heterocycles. The van der Waals surface area contributed by atoms with Crippen molar-refractivity contribution in [1.29, 1.82) is 0 Å². The van der Waals surface area contributed by atoms with Crippen molar-refractivity contribution >= 4 is 62.2 Å². The van der Waals surface area contributed by atoms with Crippen LogP contribution in [0.3, 0.4) is 0 Å². The molecule has 0 atom stereocenters. The van der Waals surface area contributed by atoms with Crippen LogP contribution in [0.2, 0.25) is 5.02 Å². The van der Waals surface area contributed by atoms with Crippen LogP contribution in [0.25, 0.3) is 5.78 Å². The summed E-state index contributed by atoms with van der Waals surface area (Å²) in [6.45, 7) is 5.87. The van der Waals surface area contributed by atoms with Gasteiger partial charge in [-0.2, -0.15) is 0 Å². The van der Waals surface area contributed by atoms with Crippen LogP contribution in [-0.2, 0) is 0 Å². The lowest BCUT2D eigenvalue weighted by Gasteiger charge is -2.00. The van der Waals surface area contributed by atoms with Crippen molar-refractivity contribution in [3.63, 3.8) is 0 Å². The summed E-state index contributed by atoms with van der Waals surface area (Å²) >= 11 is 13.3. The molecular weight excluding hydrogens is 440 g/mol. The van der Waals surface area contributed by atoms with Gasteiger partial charge < -0.3 is 16.0 Å². The first kappa shape index (κ1) is 22.1. The van der Waals surface area contributed by atoms with Crippen LogP contribution in [0.4, 0.5) is 5.82 Å². The predicted octanol–water partition coefficient (Wildman–Crippen LogP) is 3.97. The molecule has 140 valence electrons. The van der Waals surface area contributed by atoms with E-state index in [-0.39, 0.29) is 10.9 Å². The maximum Gasteiger partial charge on any atom is 0.211 e. The number of carbonyl (C=O) groups excluding carboxylic acids is 1. The Kier molecular flexibility index (Phi) is 9.25. The molecule has 0 aliphatic carbocycles. The molecule has 0 aromatic carbocycles. The van der Waals surface area contributed by atoms with Gasteiger partial charge in [0.1, 0.15) is 11.5 Å². The minimum atomic E-state index is 0.0572. The first-order chi connectivity index (χ1) is 12.4. The van der Waals surface area contributed by atoms with E-state index in [0.717, 1.165) is 5.69 Å². The summed E-state index contributed by atoms with van der Waals surface area (Å²) in [5.74, 6) is 1.37. The number of anilines is 1. The molecular formula is C16H20BrClN6OS. The van der Waals surface area contributed by atoms with Gasteiger partial charge in [0, 0.05) is 24.3 Å². The molecule has 0 saturated heterocycles. The van der Waals surface area contributed by atoms with Gasteiger partial charge in [0.05, 0.1) is 10.4 Å². The number of carbonyl (C=O) groups is 1. The van der Waals surface area contributed by atoms with Gasteiger partial charge in [-0.1, -0.05) is 41.4 Å². The largest absolute Gasteiger partial charge is 0.376 e. The summed E-state index contributed by atoms with van der Waals surface area (Å²) in [7, 11) is 0. The highest BCUT2D eigenvalue weighted by Crippen LogP contribution is 2.12. The first-order valence-corrected chi connectivity index (χ1v) is 9.62. The number of pyridine rings is 1. The number of Topliss-reactive ketones (excluding diaryl/α,β-unsaturated/α-hetero) is 1. The van der Waals surface area contributed by atoms with Crippen LogP contribution < -0.4 is 11.1 Å². The van der Waals surface area contributed by atoms with E-state index in [1.165, 1.54) is 6.20 Å². The van der Waals surface area contributed by atoms with Crippen molar-refractivity contribution in [3.8, 4) is 0 Å². The molecule has 0 unspecified atom stereocenters. The van der Waals surface area contributed by atoms with E-state index < -0.39 is 0 Å². The fourth-order valence-corrected chi connectivity index (χ4v) is 2.45. The second-order valence-electron chi connectivity index (χ2n) is 4.63. The van der Waals surface area contributed by atoms with Crippen molar-refractivity contribution in [2.45, 2.75) is 20.8 Å². The van der Waals surface area contributed by atoms with E-state index in [4.69, 9.17) is 17.3 Å². The Labute approximate surface area is 170 Å². The van der Waals surface area contributed by atoms with Crippen LogP contribution in [0.5, 0.6) is 0 Å². The topological polar surface area (TPSA) is 101 Å². The molecule has 3 aromatic rings. The van der Waals surface area contributed by atoms with Gasteiger partial charge in [-0.15, -0.1) is 0 Å². The third-order valence-corrected chi connectivity index (χ3v) is 3.74. The number of halogens is 2. The normalized spacial score (nSPS) is 9.58. The highest BCUT2D eigenvalue weighted by molar-refractivity contribution is 9.09. The number of rotatable bonds is 3. The fraction of sp³-hybridized carbons (Fsp3) is 0.250. The molecule has 10 heteroatoms. The number of aryl methyl sites for hydroxylation is 1. The number of aromatic amines is 1. The molecule has 0 aliphatic heterocycles. The molecule has 3 rings (SSSR count). The Hall–Kier alpha value is -1.97. The van der Waals surface area contributed by atoms with Crippen LogP contribution in [0.15, 0.2) is 30.7 Å². The average molecular weight is 460 g/mol. The van der Waals surface area contributed by atoms with E-state index >= 15 is 0 Å². The minimum Gasteiger partial charge on any atom is -0.376 e. The van der Waals surface area contributed by atoms with Gasteiger partial charge in [-0.3, -0.25) is 9.20 Å². The lowest BCUT2D eigenvalue weighted by atomic mass is 10.2. The molecule has 3 heterocycles. The number of nitrogens with zero attached hydrogens (tertiary/aromatic N) is 3. The van der Waals surface area contributed by atoms with Crippen LogP contribution in [0, 0.1) is 6.92 Å². The van der Waals surface area contributed by atoms with Crippen molar-refractivity contribution in [2.75, 3.05) is 10.6 Å². The molecule has 4 N–H and O–H groups in total. The Morgan fingerprint density at radius 3 is 2.65 bits per heavy atom. The van der Waals surface area contributed by atoms with E-state index in [1.54, 1.807) is 28.9 Å². The summed E-state index contributed by atoms with van der Waals surface area (Å²) in [5.41, 5.74) is 6.73. The maximum absolute atomic E-state index is 11.5. The number of aromatic nitrogens is 4. The number of fused-ring (bicyclic) bond motifs is 1. The van der Waals surface area contributed by atoms with Gasteiger partial charge in [0.15, 0.2) is 10.9 Å². The number of H-pyrrole nitrogens is 1. The van der Waals surface area contributed by atoms with E-state index in [9.17, 15) is 4.79 Å². The Balaban J connectivity index is 0.000000241. The fourth-order valence-electron chi connectivity index (χ4n) is 1.97.